The maximum absolute atomic E-state index is 13.1. The average molecular weight is 512 g/mol. The molecule has 5 aliphatic rings. The van der Waals surface area contributed by atoms with Gasteiger partial charge in [0.05, 0.1) is 12.7 Å². The van der Waals surface area contributed by atoms with Crippen LogP contribution < -0.4 is 5.32 Å². The molecule has 204 valence electrons. The number of nitrogens with zero attached hydrogens (tertiary/aromatic N) is 2. The lowest BCUT2D eigenvalue weighted by molar-refractivity contribution is -0.144. The lowest BCUT2D eigenvalue weighted by Crippen LogP contribution is -2.53. The van der Waals surface area contributed by atoms with Gasteiger partial charge in [0.1, 0.15) is 6.04 Å². The first kappa shape index (κ1) is 26.6. The summed E-state index contributed by atoms with van der Waals surface area (Å²) in [7, 11) is 0. The van der Waals surface area contributed by atoms with E-state index >= 15 is 0 Å². The van der Waals surface area contributed by atoms with Crippen LogP contribution in [0, 0.1) is 29.1 Å². The fourth-order valence-corrected chi connectivity index (χ4v) is 7.18. The molecule has 0 spiro atoms. The van der Waals surface area contributed by atoms with Gasteiger partial charge in [0.15, 0.2) is 0 Å². The molecule has 0 saturated carbocycles. The van der Waals surface area contributed by atoms with Gasteiger partial charge in [0, 0.05) is 31.3 Å². The first-order chi connectivity index (χ1) is 17.7. The Morgan fingerprint density at radius 3 is 2.49 bits per heavy atom. The number of hydrogen-bond donors (Lipinski definition) is 1. The number of hydrogen-bond acceptors (Lipinski definition) is 5. The van der Waals surface area contributed by atoms with E-state index in [0.717, 1.165) is 24.7 Å². The first-order valence-corrected chi connectivity index (χ1v) is 14.5. The molecular formula is C30H45N3O4. The molecule has 0 radical (unpaired) electrons. The number of likely N-dealkylation sites (tertiary alicyclic amines) is 2. The Morgan fingerprint density at radius 2 is 1.81 bits per heavy atom. The molecule has 3 fully saturated rings. The normalized spacial score (nSPS) is 33.9. The molecule has 1 N–H and O–H groups in total. The number of rotatable bonds is 6. The van der Waals surface area contributed by atoms with Gasteiger partial charge in [-0.05, 0) is 80.9 Å². The van der Waals surface area contributed by atoms with Crippen LogP contribution in [-0.4, -0.2) is 72.5 Å². The minimum absolute atomic E-state index is 0.0312. The van der Waals surface area contributed by atoms with Crippen molar-refractivity contribution in [2.45, 2.75) is 84.3 Å². The Morgan fingerprint density at radius 1 is 1.03 bits per heavy atom. The van der Waals surface area contributed by atoms with Gasteiger partial charge >= 0.3 is 0 Å². The van der Waals surface area contributed by atoms with E-state index < -0.39 is 6.04 Å². The van der Waals surface area contributed by atoms with Gasteiger partial charge in [0.2, 0.25) is 17.7 Å². The van der Waals surface area contributed by atoms with Gasteiger partial charge < -0.3 is 14.5 Å². The highest BCUT2D eigenvalue weighted by Gasteiger charge is 2.49. The van der Waals surface area contributed by atoms with Gasteiger partial charge in [-0.1, -0.05) is 39.0 Å². The Bertz CT molecular complexity index is 943. The molecule has 0 aromatic carbocycles. The van der Waals surface area contributed by atoms with E-state index in [2.05, 4.69) is 49.2 Å². The summed E-state index contributed by atoms with van der Waals surface area (Å²) in [5, 5.41) is 2.40. The number of ether oxygens (including phenoxy) is 1. The highest BCUT2D eigenvalue weighted by Crippen LogP contribution is 2.38. The van der Waals surface area contributed by atoms with E-state index in [-0.39, 0.29) is 42.1 Å². The van der Waals surface area contributed by atoms with E-state index in [1.807, 2.05) is 0 Å². The Kier molecular flexibility index (Phi) is 7.92. The average Bonchev–Trinajstić information content (AvgIpc) is 3.20. The van der Waals surface area contributed by atoms with Crippen molar-refractivity contribution in [2.24, 2.45) is 29.1 Å². The summed E-state index contributed by atoms with van der Waals surface area (Å²) < 4.78 is 6.39. The molecular weight excluding hydrogens is 466 g/mol. The minimum atomic E-state index is -0.534. The minimum Gasteiger partial charge on any atom is -0.369 e. The second-order valence-corrected chi connectivity index (χ2v) is 13.1. The molecule has 7 heteroatoms. The highest BCUT2D eigenvalue weighted by atomic mass is 16.5. The van der Waals surface area contributed by atoms with E-state index in [9.17, 15) is 14.4 Å². The molecule has 7 nitrogen and oxygen atoms in total. The largest absolute Gasteiger partial charge is 0.369 e. The highest BCUT2D eigenvalue weighted by molar-refractivity contribution is 6.02. The van der Waals surface area contributed by atoms with Crippen LogP contribution in [0.1, 0.15) is 72.1 Å². The van der Waals surface area contributed by atoms with Crippen molar-refractivity contribution < 1.29 is 19.1 Å². The van der Waals surface area contributed by atoms with Crippen molar-refractivity contribution in [3.05, 3.63) is 23.8 Å². The number of carbonyl (C=O) groups is 3. The third-order valence-corrected chi connectivity index (χ3v) is 9.65. The van der Waals surface area contributed by atoms with E-state index in [1.54, 1.807) is 4.90 Å². The van der Waals surface area contributed by atoms with Crippen molar-refractivity contribution >= 4 is 17.7 Å². The summed E-state index contributed by atoms with van der Waals surface area (Å²) in [6.45, 7) is 12.0. The van der Waals surface area contributed by atoms with Gasteiger partial charge in [0.25, 0.3) is 0 Å². The van der Waals surface area contributed by atoms with Crippen LogP contribution >= 0.6 is 0 Å². The molecule has 5 atom stereocenters. The molecule has 0 aromatic heterocycles. The van der Waals surface area contributed by atoms with Crippen molar-refractivity contribution in [1.82, 2.24) is 15.1 Å². The SMILES string of the molecule is CC(C)(C)C1CCN(CC2CC=C(COC3C=CCC4C(=O)N(C5CCC(=O)NC5=O)CC34)CC2)CC1. The number of allylic oxidation sites excluding steroid dienone is 2. The summed E-state index contributed by atoms with van der Waals surface area (Å²) in [5.41, 5.74) is 1.81. The molecule has 3 saturated heterocycles. The number of imide groups is 1. The van der Waals surface area contributed by atoms with E-state index in [0.29, 0.717) is 31.4 Å². The second-order valence-electron chi connectivity index (χ2n) is 13.1. The smallest absolute Gasteiger partial charge is 0.249 e. The zero-order valence-electron chi connectivity index (χ0n) is 22.9. The Hall–Kier alpha value is -1.99. The molecule has 3 heterocycles. The summed E-state index contributed by atoms with van der Waals surface area (Å²) in [6, 6.07) is -0.534. The van der Waals surface area contributed by atoms with Crippen LogP contribution in [0.2, 0.25) is 0 Å². The third-order valence-electron chi connectivity index (χ3n) is 9.65. The molecule has 2 aliphatic carbocycles. The van der Waals surface area contributed by atoms with Gasteiger partial charge in [-0.15, -0.1) is 0 Å². The zero-order valence-corrected chi connectivity index (χ0v) is 22.9. The standard InChI is InChI=1S/C30H45N3O4/c1-30(2,3)22-13-15-32(16-14-22)17-20-7-9-21(10-8-20)19-37-26-6-4-5-23-24(26)18-33(29(23)36)25-11-12-27(34)31-28(25)35/h4,6,9,20,22-26H,5,7-8,10-19H2,1-3H3,(H,31,34,35). The molecule has 37 heavy (non-hydrogen) atoms. The quantitative estimate of drug-likeness (QED) is 0.435. The molecule has 0 bridgehead atoms. The van der Waals surface area contributed by atoms with Crippen molar-refractivity contribution in [3.63, 3.8) is 0 Å². The zero-order chi connectivity index (χ0) is 26.2. The maximum Gasteiger partial charge on any atom is 0.249 e. The molecule has 3 amide bonds. The van der Waals surface area contributed by atoms with E-state index in [1.165, 1.54) is 44.5 Å². The predicted octanol–water partition coefficient (Wildman–Crippen LogP) is 3.70. The second kappa shape index (κ2) is 11.0. The van der Waals surface area contributed by atoms with Crippen LogP contribution in [0.3, 0.4) is 0 Å². The maximum atomic E-state index is 13.1. The Labute approximate surface area is 222 Å². The van der Waals surface area contributed by atoms with E-state index in [4.69, 9.17) is 4.74 Å². The topological polar surface area (TPSA) is 79.0 Å². The third kappa shape index (κ3) is 6.03. The molecule has 3 aliphatic heterocycles. The van der Waals surface area contributed by atoms with Crippen molar-refractivity contribution in [3.8, 4) is 0 Å². The van der Waals surface area contributed by atoms with Gasteiger partial charge in [-0.3, -0.25) is 19.7 Å². The number of fused-ring (bicyclic) bond motifs is 1. The fourth-order valence-electron chi connectivity index (χ4n) is 7.18. The summed E-state index contributed by atoms with van der Waals surface area (Å²) in [6.07, 6.45) is 14.0. The number of nitrogens with one attached hydrogen (secondary N) is 1. The number of carbonyl (C=O) groups excluding carboxylic acids is 3. The number of piperidine rings is 2. The first-order valence-electron chi connectivity index (χ1n) is 14.5. The van der Waals surface area contributed by atoms with Crippen LogP contribution in [0.15, 0.2) is 23.8 Å². The lowest BCUT2D eigenvalue weighted by atomic mass is 9.75. The van der Waals surface area contributed by atoms with Crippen molar-refractivity contribution in [1.29, 1.82) is 0 Å². The predicted molar refractivity (Wildman–Crippen MR) is 142 cm³/mol. The Balaban J connectivity index is 1.09. The summed E-state index contributed by atoms with van der Waals surface area (Å²) in [5.74, 6) is 0.962. The van der Waals surface area contributed by atoms with Crippen LogP contribution in [0.25, 0.3) is 0 Å². The van der Waals surface area contributed by atoms with Crippen LogP contribution in [0.4, 0.5) is 0 Å². The van der Waals surface area contributed by atoms with Crippen molar-refractivity contribution in [2.75, 3.05) is 32.8 Å². The van der Waals surface area contributed by atoms with Crippen LogP contribution in [-0.2, 0) is 19.1 Å². The van der Waals surface area contributed by atoms with Gasteiger partial charge in [-0.25, -0.2) is 0 Å². The monoisotopic (exact) mass is 511 g/mol. The fraction of sp³-hybridized carbons (Fsp3) is 0.767. The number of amides is 3. The molecule has 5 rings (SSSR count). The molecule has 0 aromatic rings. The lowest BCUT2D eigenvalue weighted by Gasteiger charge is -2.40. The van der Waals surface area contributed by atoms with Crippen LogP contribution in [0.5, 0.6) is 0 Å². The molecule has 5 unspecified atom stereocenters. The van der Waals surface area contributed by atoms with Gasteiger partial charge in [-0.2, -0.15) is 0 Å². The summed E-state index contributed by atoms with van der Waals surface area (Å²) in [4.78, 5) is 41.5. The summed E-state index contributed by atoms with van der Waals surface area (Å²) >= 11 is 0.